The summed E-state index contributed by atoms with van der Waals surface area (Å²) in [5.41, 5.74) is 11.2. The Kier molecular flexibility index (Phi) is 3.67. The van der Waals surface area contributed by atoms with E-state index in [1.807, 2.05) is 54.6 Å². The second-order valence-electron chi connectivity index (χ2n) is 5.60. The maximum absolute atomic E-state index is 10.8. The zero-order valence-electron chi connectivity index (χ0n) is 13.3. The SMILES string of the molecule is Nc1nc(-c2ccccc2)c2nc(-c3ccc(C=O)cc3)ccc2n1. The Morgan fingerprint density at radius 3 is 2.24 bits per heavy atom. The topological polar surface area (TPSA) is 81.8 Å². The molecule has 2 heterocycles. The molecule has 0 unspecified atom stereocenters. The lowest BCUT2D eigenvalue weighted by molar-refractivity contribution is 0.112. The first-order chi connectivity index (χ1) is 12.2. The van der Waals surface area contributed by atoms with Gasteiger partial charge in [0.2, 0.25) is 5.95 Å². The molecule has 0 fully saturated rings. The summed E-state index contributed by atoms with van der Waals surface area (Å²) in [7, 11) is 0. The van der Waals surface area contributed by atoms with Crippen LogP contribution < -0.4 is 5.73 Å². The molecular weight excluding hydrogens is 312 g/mol. The van der Waals surface area contributed by atoms with Crippen LogP contribution >= 0.6 is 0 Å². The van der Waals surface area contributed by atoms with E-state index in [9.17, 15) is 4.79 Å². The summed E-state index contributed by atoms with van der Waals surface area (Å²) in [6.45, 7) is 0. The average molecular weight is 326 g/mol. The Hall–Kier alpha value is -3.60. The summed E-state index contributed by atoms with van der Waals surface area (Å²) >= 11 is 0. The monoisotopic (exact) mass is 326 g/mol. The molecule has 0 aliphatic rings. The number of benzene rings is 2. The van der Waals surface area contributed by atoms with E-state index in [4.69, 9.17) is 10.7 Å². The predicted octanol–water partition coefficient (Wildman–Crippen LogP) is 3.75. The number of pyridine rings is 1. The van der Waals surface area contributed by atoms with Crippen LogP contribution in [0.4, 0.5) is 5.95 Å². The van der Waals surface area contributed by atoms with Crippen LogP contribution in [0.5, 0.6) is 0 Å². The van der Waals surface area contributed by atoms with Crippen molar-refractivity contribution in [3.05, 3.63) is 72.3 Å². The lowest BCUT2D eigenvalue weighted by Crippen LogP contribution is -2.00. The molecule has 5 heteroatoms. The lowest BCUT2D eigenvalue weighted by atomic mass is 10.1. The highest BCUT2D eigenvalue weighted by Gasteiger charge is 2.11. The summed E-state index contributed by atoms with van der Waals surface area (Å²) < 4.78 is 0. The van der Waals surface area contributed by atoms with Crippen LogP contribution in [0.2, 0.25) is 0 Å². The molecule has 0 aliphatic carbocycles. The van der Waals surface area contributed by atoms with Gasteiger partial charge in [0.25, 0.3) is 0 Å². The molecule has 4 rings (SSSR count). The largest absolute Gasteiger partial charge is 0.368 e. The van der Waals surface area contributed by atoms with Crippen molar-refractivity contribution in [2.75, 3.05) is 5.73 Å². The van der Waals surface area contributed by atoms with Gasteiger partial charge in [0, 0.05) is 16.7 Å². The number of nitrogen functional groups attached to an aromatic ring is 1. The zero-order valence-corrected chi connectivity index (χ0v) is 13.3. The number of nitrogens with two attached hydrogens (primary N) is 1. The van der Waals surface area contributed by atoms with E-state index in [2.05, 4.69) is 9.97 Å². The Balaban J connectivity index is 1.92. The lowest BCUT2D eigenvalue weighted by Gasteiger charge is -2.08. The average Bonchev–Trinajstić information content (AvgIpc) is 2.68. The van der Waals surface area contributed by atoms with Crippen LogP contribution in [0.15, 0.2) is 66.7 Å². The number of carbonyl (C=O) groups is 1. The van der Waals surface area contributed by atoms with Crippen LogP contribution in [-0.2, 0) is 0 Å². The number of carbonyl (C=O) groups excluding carboxylic acids is 1. The normalized spacial score (nSPS) is 10.7. The molecule has 0 amide bonds. The number of rotatable bonds is 3. The molecule has 120 valence electrons. The molecule has 0 bridgehead atoms. The summed E-state index contributed by atoms with van der Waals surface area (Å²) in [6.07, 6.45) is 0.821. The predicted molar refractivity (Wildman–Crippen MR) is 98.0 cm³/mol. The van der Waals surface area contributed by atoms with E-state index >= 15 is 0 Å². The molecule has 0 atom stereocenters. The molecule has 0 saturated carbocycles. The Bertz CT molecular complexity index is 1060. The first kappa shape index (κ1) is 15.0. The second-order valence-corrected chi connectivity index (χ2v) is 5.60. The third-order valence-corrected chi connectivity index (χ3v) is 3.95. The minimum absolute atomic E-state index is 0.219. The Morgan fingerprint density at radius 1 is 0.760 bits per heavy atom. The highest BCUT2D eigenvalue weighted by atomic mass is 16.1. The van der Waals surface area contributed by atoms with Gasteiger partial charge in [-0.05, 0) is 12.1 Å². The molecule has 2 aromatic heterocycles. The standard InChI is InChI=1S/C20H14N4O/c21-20-23-17-11-10-16(14-8-6-13(12-25)7-9-14)22-19(17)18(24-20)15-4-2-1-3-5-15/h1-12H,(H2,21,23,24). The molecular formula is C20H14N4O. The first-order valence-corrected chi connectivity index (χ1v) is 7.80. The van der Waals surface area contributed by atoms with Gasteiger partial charge in [-0.3, -0.25) is 4.79 Å². The second kappa shape index (κ2) is 6.13. The number of aromatic nitrogens is 3. The van der Waals surface area contributed by atoms with E-state index in [0.717, 1.165) is 23.1 Å². The van der Waals surface area contributed by atoms with Crippen molar-refractivity contribution >= 4 is 23.3 Å². The maximum atomic E-state index is 10.8. The van der Waals surface area contributed by atoms with Gasteiger partial charge in [0.15, 0.2) is 0 Å². The third kappa shape index (κ3) is 2.83. The van der Waals surface area contributed by atoms with Gasteiger partial charge < -0.3 is 5.73 Å². The van der Waals surface area contributed by atoms with Gasteiger partial charge in [-0.2, -0.15) is 0 Å². The van der Waals surface area contributed by atoms with Crippen molar-refractivity contribution in [2.24, 2.45) is 0 Å². The molecule has 0 saturated heterocycles. The minimum Gasteiger partial charge on any atom is -0.368 e. The van der Waals surface area contributed by atoms with Crippen LogP contribution in [0.3, 0.4) is 0 Å². The molecule has 2 N–H and O–H groups in total. The molecule has 2 aromatic carbocycles. The first-order valence-electron chi connectivity index (χ1n) is 7.80. The Morgan fingerprint density at radius 2 is 1.52 bits per heavy atom. The number of fused-ring (bicyclic) bond motifs is 1. The van der Waals surface area contributed by atoms with E-state index in [1.165, 1.54) is 0 Å². The number of aldehydes is 1. The quantitative estimate of drug-likeness (QED) is 0.580. The van der Waals surface area contributed by atoms with E-state index < -0.39 is 0 Å². The highest BCUT2D eigenvalue weighted by Crippen LogP contribution is 2.28. The van der Waals surface area contributed by atoms with Gasteiger partial charge in [-0.25, -0.2) is 15.0 Å². The molecule has 5 nitrogen and oxygen atoms in total. The maximum Gasteiger partial charge on any atom is 0.221 e. The van der Waals surface area contributed by atoms with Crippen molar-refractivity contribution < 1.29 is 4.79 Å². The summed E-state index contributed by atoms with van der Waals surface area (Å²) in [5.74, 6) is 0.219. The molecule has 0 aliphatic heterocycles. The van der Waals surface area contributed by atoms with Crippen molar-refractivity contribution in [2.45, 2.75) is 0 Å². The summed E-state index contributed by atoms with van der Waals surface area (Å²) in [5, 5.41) is 0. The van der Waals surface area contributed by atoms with E-state index in [0.29, 0.717) is 22.3 Å². The van der Waals surface area contributed by atoms with Crippen LogP contribution in [-0.4, -0.2) is 21.2 Å². The van der Waals surface area contributed by atoms with Crippen molar-refractivity contribution in [1.82, 2.24) is 15.0 Å². The fourth-order valence-corrected chi connectivity index (χ4v) is 2.72. The van der Waals surface area contributed by atoms with Crippen molar-refractivity contribution in [3.8, 4) is 22.5 Å². The van der Waals surface area contributed by atoms with Crippen LogP contribution in [0.25, 0.3) is 33.5 Å². The van der Waals surface area contributed by atoms with Crippen LogP contribution in [0, 0.1) is 0 Å². The fraction of sp³-hybridized carbons (Fsp3) is 0. The number of anilines is 1. The summed E-state index contributed by atoms with van der Waals surface area (Å²) in [4.78, 5) is 24.2. The Labute approximate surface area is 144 Å². The number of nitrogens with zero attached hydrogens (tertiary/aromatic N) is 3. The minimum atomic E-state index is 0.219. The van der Waals surface area contributed by atoms with Gasteiger partial charge in [-0.1, -0.05) is 54.6 Å². The smallest absolute Gasteiger partial charge is 0.221 e. The molecule has 4 aromatic rings. The van der Waals surface area contributed by atoms with Crippen molar-refractivity contribution in [3.63, 3.8) is 0 Å². The third-order valence-electron chi connectivity index (χ3n) is 3.95. The van der Waals surface area contributed by atoms with E-state index in [-0.39, 0.29) is 5.95 Å². The highest BCUT2D eigenvalue weighted by molar-refractivity contribution is 5.91. The fourth-order valence-electron chi connectivity index (χ4n) is 2.72. The molecule has 25 heavy (non-hydrogen) atoms. The number of hydrogen-bond donors (Lipinski definition) is 1. The molecule has 0 spiro atoms. The zero-order chi connectivity index (χ0) is 17.2. The number of hydrogen-bond acceptors (Lipinski definition) is 5. The van der Waals surface area contributed by atoms with Crippen molar-refractivity contribution in [1.29, 1.82) is 0 Å². The van der Waals surface area contributed by atoms with Gasteiger partial charge in [-0.15, -0.1) is 0 Å². The van der Waals surface area contributed by atoms with Gasteiger partial charge >= 0.3 is 0 Å². The molecule has 0 radical (unpaired) electrons. The van der Waals surface area contributed by atoms with Gasteiger partial charge in [0.05, 0.1) is 11.2 Å². The van der Waals surface area contributed by atoms with E-state index in [1.54, 1.807) is 12.1 Å². The summed E-state index contributed by atoms with van der Waals surface area (Å²) in [6, 6.07) is 20.8. The van der Waals surface area contributed by atoms with Crippen LogP contribution in [0.1, 0.15) is 10.4 Å². The van der Waals surface area contributed by atoms with Gasteiger partial charge in [0.1, 0.15) is 17.5 Å².